The zero-order chi connectivity index (χ0) is 20.0. The molecule has 1 N–H and O–H groups in total. The third kappa shape index (κ3) is 3.19. The van der Waals surface area contributed by atoms with Crippen LogP contribution < -0.4 is 10.5 Å². The van der Waals surface area contributed by atoms with Crippen molar-refractivity contribution in [2.24, 2.45) is 0 Å². The van der Waals surface area contributed by atoms with Crippen molar-refractivity contribution in [2.75, 3.05) is 31.1 Å². The van der Waals surface area contributed by atoms with Gasteiger partial charge in [0.05, 0.1) is 15.8 Å². The van der Waals surface area contributed by atoms with Gasteiger partial charge in [0.1, 0.15) is 16.4 Å². The summed E-state index contributed by atoms with van der Waals surface area (Å²) in [6, 6.07) is 11.2. The molecule has 4 heterocycles. The smallest absolute Gasteiger partial charge is 0.407 e. The summed E-state index contributed by atoms with van der Waals surface area (Å²) in [4.78, 5) is 36.1. The Hall–Kier alpha value is -3.46. The van der Waals surface area contributed by atoms with Gasteiger partial charge in [0.25, 0.3) is 0 Å². The van der Waals surface area contributed by atoms with Crippen molar-refractivity contribution < 1.29 is 14.3 Å². The van der Waals surface area contributed by atoms with Crippen LogP contribution in [0.5, 0.6) is 0 Å². The monoisotopic (exact) mass is 408 g/mol. The summed E-state index contributed by atoms with van der Waals surface area (Å²) < 4.78 is 6.58. The second-order valence-electron chi connectivity index (χ2n) is 6.77. The van der Waals surface area contributed by atoms with E-state index < -0.39 is 11.7 Å². The molecule has 29 heavy (non-hydrogen) atoms. The average Bonchev–Trinajstić information content (AvgIpc) is 3.17. The van der Waals surface area contributed by atoms with Crippen LogP contribution in [0.1, 0.15) is 0 Å². The van der Waals surface area contributed by atoms with Gasteiger partial charge in [-0.2, -0.15) is 0 Å². The quantitative estimate of drug-likeness (QED) is 0.543. The van der Waals surface area contributed by atoms with E-state index in [4.69, 9.17) is 9.52 Å². The third-order valence-corrected chi connectivity index (χ3v) is 6.07. The molecule has 1 fully saturated rings. The third-order valence-electron chi connectivity index (χ3n) is 5.00. The van der Waals surface area contributed by atoms with Gasteiger partial charge in [-0.1, -0.05) is 12.1 Å². The van der Waals surface area contributed by atoms with Crippen LogP contribution in [0.15, 0.2) is 51.8 Å². The van der Waals surface area contributed by atoms with E-state index in [1.54, 1.807) is 18.3 Å². The Morgan fingerprint density at radius 3 is 2.69 bits per heavy atom. The van der Waals surface area contributed by atoms with Crippen molar-refractivity contribution in [2.45, 2.75) is 0 Å². The van der Waals surface area contributed by atoms with Gasteiger partial charge in [-0.15, -0.1) is 11.3 Å². The minimum atomic E-state index is -0.913. The molecule has 1 aliphatic heterocycles. The Labute approximate surface area is 168 Å². The Balaban J connectivity index is 1.48. The van der Waals surface area contributed by atoms with E-state index in [-0.39, 0.29) is 0 Å². The maximum Gasteiger partial charge on any atom is 0.407 e. The lowest BCUT2D eigenvalue weighted by Gasteiger charge is -2.33. The van der Waals surface area contributed by atoms with Gasteiger partial charge in [-0.05, 0) is 18.2 Å². The maximum absolute atomic E-state index is 12.6. The fourth-order valence-corrected chi connectivity index (χ4v) is 4.41. The topological polar surface area (TPSA) is 99.8 Å². The molecule has 1 amide bonds. The normalized spacial score (nSPS) is 14.6. The van der Waals surface area contributed by atoms with Crippen molar-refractivity contribution in [3.63, 3.8) is 0 Å². The first-order chi connectivity index (χ1) is 14.1. The number of amides is 1. The summed E-state index contributed by atoms with van der Waals surface area (Å²) in [5.41, 5.74) is 1.28. The number of carbonyl (C=O) groups is 1. The molecule has 0 atom stereocenters. The van der Waals surface area contributed by atoms with Gasteiger partial charge in [0.2, 0.25) is 0 Å². The Bertz CT molecular complexity index is 1260. The molecule has 0 unspecified atom stereocenters. The standard InChI is InChI=1S/C20H16N4O4S/c25-19-13(18-22-14-3-1-2-4-16(14)29-18)9-12-11-21-17(10-15(12)28-19)23-5-7-24(8-6-23)20(26)27/h1-4,9-11H,5-8H2,(H,26,27). The van der Waals surface area contributed by atoms with Crippen LogP contribution in [-0.4, -0.2) is 52.2 Å². The van der Waals surface area contributed by atoms with Gasteiger partial charge in [0, 0.05) is 43.8 Å². The summed E-state index contributed by atoms with van der Waals surface area (Å²) in [7, 11) is 0. The van der Waals surface area contributed by atoms with E-state index in [2.05, 4.69) is 9.97 Å². The first kappa shape index (κ1) is 17.6. The number of aromatic nitrogens is 2. The van der Waals surface area contributed by atoms with Gasteiger partial charge < -0.3 is 19.3 Å². The van der Waals surface area contributed by atoms with E-state index in [9.17, 15) is 9.59 Å². The highest BCUT2D eigenvalue weighted by Gasteiger charge is 2.22. The predicted molar refractivity (Wildman–Crippen MR) is 111 cm³/mol. The van der Waals surface area contributed by atoms with E-state index in [0.29, 0.717) is 53.5 Å². The summed E-state index contributed by atoms with van der Waals surface area (Å²) >= 11 is 1.45. The fourth-order valence-electron chi connectivity index (χ4n) is 3.44. The van der Waals surface area contributed by atoms with Crippen LogP contribution >= 0.6 is 11.3 Å². The molecule has 4 aromatic rings. The van der Waals surface area contributed by atoms with Gasteiger partial charge in [-0.3, -0.25) is 0 Å². The highest BCUT2D eigenvalue weighted by molar-refractivity contribution is 7.21. The molecule has 0 radical (unpaired) electrons. The van der Waals surface area contributed by atoms with Crippen LogP contribution in [0.4, 0.5) is 10.6 Å². The number of piperazine rings is 1. The lowest BCUT2D eigenvalue weighted by molar-refractivity contribution is 0.142. The van der Waals surface area contributed by atoms with Crippen molar-refractivity contribution in [3.8, 4) is 10.6 Å². The summed E-state index contributed by atoms with van der Waals surface area (Å²) in [5.74, 6) is 0.665. The van der Waals surface area contributed by atoms with Crippen molar-refractivity contribution >= 4 is 44.4 Å². The summed E-state index contributed by atoms with van der Waals surface area (Å²) in [5, 5.41) is 10.4. The number of hydrogen-bond acceptors (Lipinski definition) is 7. The number of para-hydroxylation sites is 1. The van der Waals surface area contributed by atoms with E-state index in [1.807, 2.05) is 29.2 Å². The second kappa shape index (κ2) is 6.85. The van der Waals surface area contributed by atoms with Crippen LogP contribution in [0, 0.1) is 0 Å². The first-order valence-corrected chi connectivity index (χ1v) is 9.93. The number of fused-ring (bicyclic) bond motifs is 2. The molecule has 3 aromatic heterocycles. The molecular formula is C20H16N4O4S. The minimum absolute atomic E-state index is 0.412. The van der Waals surface area contributed by atoms with Crippen LogP contribution in [-0.2, 0) is 0 Å². The van der Waals surface area contributed by atoms with E-state index >= 15 is 0 Å². The van der Waals surface area contributed by atoms with Crippen molar-refractivity contribution in [1.82, 2.24) is 14.9 Å². The molecule has 1 aromatic carbocycles. The number of carboxylic acid groups (broad SMARTS) is 1. The van der Waals surface area contributed by atoms with Gasteiger partial charge >= 0.3 is 11.7 Å². The number of anilines is 1. The maximum atomic E-state index is 12.6. The zero-order valence-electron chi connectivity index (χ0n) is 15.2. The molecule has 0 saturated carbocycles. The molecule has 0 spiro atoms. The predicted octanol–water partition coefficient (Wildman–Crippen LogP) is 3.26. The largest absolute Gasteiger partial charge is 0.465 e. The van der Waals surface area contributed by atoms with Crippen LogP contribution in [0.3, 0.4) is 0 Å². The molecule has 0 bridgehead atoms. The molecule has 0 aliphatic carbocycles. The summed E-state index contributed by atoms with van der Waals surface area (Å²) in [6.07, 6.45) is 0.762. The number of benzene rings is 1. The van der Waals surface area contributed by atoms with E-state index in [1.165, 1.54) is 16.2 Å². The van der Waals surface area contributed by atoms with Crippen LogP contribution in [0.25, 0.3) is 31.8 Å². The molecule has 1 aliphatic rings. The molecule has 146 valence electrons. The van der Waals surface area contributed by atoms with Gasteiger partial charge in [-0.25, -0.2) is 19.6 Å². The molecule has 9 heteroatoms. The van der Waals surface area contributed by atoms with Crippen molar-refractivity contribution in [1.29, 1.82) is 0 Å². The lowest BCUT2D eigenvalue weighted by atomic mass is 10.2. The molecule has 5 rings (SSSR count). The first-order valence-electron chi connectivity index (χ1n) is 9.11. The SMILES string of the molecule is O=C(O)N1CCN(c2cc3oc(=O)c(-c4nc5ccccc5s4)cc3cn2)CC1. The lowest BCUT2D eigenvalue weighted by Crippen LogP contribution is -2.48. The summed E-state index contributed by atoms with van der Waals surface area (Å²) in [6.45, 7) is 1.91. The second-order valence-corrected chi connectivity index (χ2v) is 7.80. The van der Waals surface area contributed by atoms with Crippen molar-refractivity contribution in [3.05, 3.63) is 53.0 Å². The fraction of sp³-hybridized carbons (Fsp3) is 0.200. The minimum Gasteiger partial charge on any atom is -0.465 e. The number of nitrogens with zero attached hydrogens (tertiary/aromatic N) is 4. The molecular weight excluding hydrogens is 392 g/mol. The van der Waals surface area contributed by atoms with Gasteiger partial charge in [0.15, 0.2) is 0 Å². The number of hydrogen-bond donors (Lipinski definition) is 1. The molecule has 1 saturated heterocycles. The number of thiazole rings is 1. The highest BCUT2D eigenvalue weighted by Crippen LogP contribution is 2.30. The molecule has 8 nitrogen and oxygen atoms in total. The van der Waals surface area contributed by atoms with Crippen LogP contribution in [0.2, 0.25) is 0 Å². The Kier molecular flexibility index (Phi) is 4.17. The average molecular weight is 408 g/mol. The number of rotatable bonds is 2. The zero-order valence-corrected chi connectivity index (χ0v) is 16.1. The number of pyridine rings is 1. The van der Waals surface area contributed by atoms with E-state index in [0.717, 1.165) is 10.2 Å². The highest BCUT2D eigenvalue weighted by atomic mass is 32.1. The Morgan fingerprint density at radius 1 is 1.14 bits per heavy atom. The Morgan fingerprint density at radius 2 is 1.93 bits per heavy atom.